The lowest BCUT2D eigenvalue weighted by molar-refractivity contribution is 0.627. The molecule has 0 atom stereocenters. The van der Waals surface area contributed by atoms with E-state index in [2.05, 4.69) is 38.9 Å². The molecule has 0 radical (unpaired) electrons. The van der Waals surface area contributed by atoms with Gasteiger partial charge in [0, 0.05) is 28.4 Å². The van der Waals surface area contributed by atoms with E-state index in [1.165, 1.54) is 12.1 Å². The average Bonchev–Trinajstić information content (AvgIpc) is 3.41. The van der Waals surface area contributed by atoms with Gasteiger partial charge < -0.3 is 4.98 Å². The van der Waals surface area contributed by atoms with Crippen LogP contribution >= 0.6 is 0 Å². The summed E-state index contributed by atoms with van der Waals surface area (Å²) in [7, 11) is 0. The van der Waals surface area contributed by atoms with E-state index < -0.39 is 0 Å². The maximum absolute atomic E-state index is 13.9. The molecule has 3 heterocycles. The fourth-order valence-electron chi connectivity index (χ4n) is 3.99. The van der Waals surface area contributed by atoms with Gasteiger partial charge in [0.2, 0.25) is 0 Å². The summed E-state index contributed by atoms with van der Waals surface area (Å²) in [5.41, 5.74) is 8.22. The van der Waals surface area contributed by atoms with Gasteiger partial charge in [-0.1, -0.05) is 43.0 Å². The van der Waals surface area contributed by atoms with E-state index in [0.717, 1.165) is 55.9 Å². The molecular formula is C27H21FN4. The van der Waals surface area contributed by atoms with Gasteiger partial charge in [0.05, 0.1) is 16.9 Å². The highest BCUT2D eigenvalue weighted by atomic mass is 19.1. The van der Waals surface area contributed by atoms with E-state index in [-0.39, 0.29) is 5.82 Å². The molecule has 3 aromatic heterocycles. The Labute approximate surface area is 185 Å². The third-order valence-corrected chi connectivity index (χ3v) is 5.50. The van der Waals surface area contributed by atoms with Crippen LogP contribution in [0.4, 0.5) is 4.39 Å². The van der Waals surface area contributed by atoms with Crippen molar-refractivity contribution < 1.29 is 4.39 Å². The number of nitrogens with zero attached hydrogens (tertiary/aromatic N) is 2. The first-order valence-corrected chi connectivity index (χ1v) is 10.3. The molecule has 4 nitrogen and oxygen atoms in total. The normalized spacial score (nSPS) is 11.8. The van der Waals surface area contributed by atoms with E-state index >= 15 is 0 Å². The Kier molecular flexibility index (Phi) is 5.00. The molecule has 5 rings (SSSR count). The molecule has 0 fully saturated rings. The first-order valence-electron chi connectivity index (χ1n) is 10.3. The fourth-order valence-corrected chi connectivity index (χ4v) is 3.99. The highest BCUT2D eigenvalue weighted by Gasteiger charge is 2.16. The Morgan fingerprint density at radius 3 is 2.72 bits per heavy atom. The molecule has 32 heavy (non-hydrogen) atoms. The van der Waals surface area contributed by atoms with Crippen LogP contribution in [0.5, 0.6) is 0 Å². The Morgan fingerprint density at radius 2 is 1.94 bits per heavy atom. The smallest absolute Gasteiger partial charge is 0.123 e. The number of halogens is 1. The van der Waals surface area contributed by atoms with Crippen LogP contribution in [0, 0.1) is 12.7 Å². The van der Waals surface area contributed by atoms with Gasteiger partial charge in [0.25, 0.3) is 0 Å². The lowest BCUT2D eigenvalue weighted by Crippen LogP contribution is -1.89. The maximum atomic E-state index is 13.9. The van der Waals surface area contributed by atoms with E-state index in [4.69, 9.17) is 0 Å². The topological polar surface area (TPSA) is 57.4 Å². The lowest BCUT2D eigenvalue weighted by atomic mass is 9.97. The number of aryl methyl sites for hydroxylation is 1. The van der Waals surface area contributed by atoms with Crippen LogP contribution in [0.25, 0.3) is 39.1 Å². The quantitative estimate of drug-likeness (QED) is 0.311. The summed E-state index contributed by atoms with van der Waals surface area (Å²) in [6.45, 7) is 5.84. The minimum atomic E-state index is -0.272. The number of pyridine rings is 1. The van der Waals surface area contributed by atoms with Crippen molar-refractivity contribution in [1.29, 1.82) is 0 Å². The number of allylic oxidation sites excluding steroid dienone is 2. The number of benzene rings is 2. The molecule has 5 aromatic rings. The fraction of sp³-hybridized carbons (Fsp3) is 0.0370. The number of nitrogens with one attached hydrogen (secondary N) is 2. The molecule has 0 aliphatic rings. The van der Waals surface area contributed by atoms with Crippen molar-refractivity contribution in [2.75, 3.05) is 0 Å². The summed E-state index contributed by atoms with van der Waals surface area (Å²) in [5.74, 6) is -0.272. The predicted octanol–water partition coefficient (Wildman–Crippen LogP) is 6.69. The Morgan fingerprint density at radius 1 is 1.03 bits per heavy atom. The number of aromatic nitrogens is 4. The van der Waals surface area contributed by atoms with Crippen molar-refractivity contribution in [1.82, 2.24) is 20.2 Å². The van der Waals surface area contributed by atoms with Crippen molar-refractivity contribution >= 4 is 16.5 Å². The Bertz CT molecular complexity index is 1460. The third-order valence-electron chi connectivity index (χ3n) is 5.50. The SMILES string of the molecule is C=C/C=C(/c1cccc(F)c1)c1cc(-c2n[nH]c3ccc(-c4ccccn4)cc23)[nH]c1C. The first-order chi connectivity index (χ1) is 15.6. The molecule has 0 saturated carbocycles. The molecule has 0 saturated heterocycles. The second kappa shape index (κ2) is 8.12. The standard InChI is InChI=1S/C27H21FN4/c1-3-7-21(18-8-6-9-20(28)14-18)22-16-26(30-17(22)2)27-23-15-19(11-12-25(23)31-32-27)24-10-4-5-13-29-24/h3-16,30H,1H2,2H3,(H,31,32)/b21-7-. The highest BCUT2D eigenvalue weighted by molar-refractivity contribution is 5.96. The van der Waals surface area contributed by atoms with E-state index in [1.54, 1.807) is 18.3 Å². The molecule has 0 amide bonds. The second-order valence-electron chi connectivity index (χ2n) is 7.60. The van der Waals surface area contributed by atoms with E-state index in [1.807, 2.05) is 49.4 Å². The summed E-state index contributed by atoms with van der Waals surface area (Å²) in [6.07, 6.45) is 5.41. The zero-order valence-electron chi connectivity index (χ0n) is 17.6. The molecule has 0 spiro atoms. The largest absolute Gasteiger partial charge is 0.357 e. The second-order valence-corrected chi connectivity index (χ2v) is 7.60. The summed E-state index contributed by atoms with van der Waals surface area (Å²) < 4.78 is 13.9. The van der Waals surface area contributed by atoms with Crippen molar-refractivity contribution in [3.05, 3.63) is 114 Å². The Hall–Kier alpha value is -4.25. The van der Waals surface area contributed by atoms with Gasteiger partial charge in [-0.05, 0) is 60.5 Å². The number of H-pyrrole nitrogens is 2. The maximum Gasteiger partial charge on any atom is 0.123 e. The van der Waals surface area contributed by atoms with Crippen LogP contribution in [-0.4, -0.2) is 20.2 Å². The number of hydrogen-bond acceptors (Lipinski definition) is 2. The molecular weight excluding hydrogens is 399 g/mol. The van der Waals surface area contributed by atoms with Crippen LogP contribution in [0.15, 0.2) is 91.7 Å². The molecule has 0 unspecified atom stereocenters. The van der Waals surface area contributed by atoms with Crippen LogP contribution in [0.2, 0.25) is 0 Å². The van der Waals surface area contributed by atoms with Crippen molar-refractivity contribution in [3.8, 4) is 22.6 Å². The van der Waals surface area contributed by atoms with Gasteiger partial charge >= 0.3 is 0 Å². The number of hydrogen-bond donors (Lipinski definition) is 2. The molecule has 2 N–H and O–H groups in total. The molecule has 0 aliphatic carbocycles. The van der Waals surface area contributed by atoms with Crippen molar-refractivity contribution in [2.45, 2.75) is 6.92 Å². The summed E-state index contributed by atoms with van der Waals surface area (Å²) in [4.78, 5) is 7.91. The minimum Gasteiger partial charge on any atom is -0.357 e. The van der Waals surface area contributed by atoms with Gasteiger partial charge in [-0.3, -0.25) is 10.1 Å². The lowest BCUT2D eigenvalue weighted by Gasteiger charge is -2.07. The van der Waals surface area contributed by atoms with Gasteiger partial charge in [-0.2, -0.15) is 5.10 Å². The molecule has 156 valence electrons. The summed E-state index contributed by atoms with van der Waals surface area (Å²) >= 11 is 0. The van der Waals surface area contributed by atoms with Crippen molar-refractivity contribution in [3.63, 3.8) is 0 Å². The highest BCUT2D eigenvalue weighted by Crippen LogP contribution is 2.34. The van der Waals surface area contributed by atoms with Crippen LogP contribution in [0.3, 0.4) is 0 Å². The van der Waals surface area contributed by atoms with E-state index in [0.29, 0.717) is 0 Å². The average molecular weight is 420 g/mol. The number of rotatable bonds is 5. The van der Waals surface area contributed by atoms with Gasteiger partial charge in [0.1, 0.15) is 11.5 Å². The first kappa shape index (κ1) is 19.7. The van der Waals surface area contributed by atoms with Gasteiger partial charge in [-0.25, -0.2) is 4.39 Å². The molecule has 0 aliphatic heterocycles. The van der Waals surface area contributed by atoms with Crippen molar-refractivity contribution in [2.24, 2.45) is 0 Å². The van der Waals surface area contributed by atoms with E-state index in [9.17, 15) is 4.39 Å². The van der Waals surface area contributed by atoms with Gasteiger partial charge in [-0.15, -0.1) is 0 Å². The zero-order valence-corrected chi connectivity index (χ0v) is 17.6. The third kappa shape index (κ3) is 3.54. The number of aromatic amines is 2. The number of fused-ring (bicyclic) bond motifs is 1. The molecule has 2 aromatic carbocycles. The Balaban J connectivity index is 1.62. The molecule has 0 bridgehead atoms. The van der Waals surface area contributed by atoms with Crippen LogP contribution in [-0.2, 0) is 0 Å². The van der Waals surface area contributed by atoms with Crippen LogP contribution in [0.1, 0.15) is 16.8 Å². The molecule has 5 heteroatoms. The van der Waals surface area contributed by atoms with Gasteiger partial charge in [0.15, 0.2) is 0 Å². The predicted molar refractivity (Wildman–Crippen MR) is 128 cm³/mol. The monoisotopic (exact) mass is 420 g/mol. The summed E-state index contributed by atoms with van der Waals surface area (Å²) in [6, 6.07) is 20.7. The van der Waals surface area contributed by atoms with Crippen LogP contribution < -0.4 is 0 Å². The summed E-state index contributed by atoms with van der Waals surface area (Å²) in [5, 5.41) is 8.69. The zero-order chi connectivity index (χ0) is 22.1. The minimum absolute atomic E-state index is 0.272.